The van der Waals surface area contributed by atoms with Gasteiger partial charge in [-0.1, -0.05) is 18.2 Å². The number of hydrogen-bond acceptors (Lipinski definition) is 5. The molecule has 0 spiro atoms. The van der Waals surface area contributed by atoms with Crippen molar-refractivity contribution < 1.29 is 23.8 Å². The van der Waals surface area contributed by atoms with E-state index in [1.807, 2.05) is 13.8 Å². The maximum Gasteiger partial charge on any atom is 0.334 e. The highest BCUT2D eigenvalue weighted by molar-refractivity contribution is 5.91. The molecule has 5 nitrogen and oxygen atoms in total. The molecule has 5 heteroatoms. The lowest BCUT2D eigenvalue weighted by Crippen LogP contribution is -2.38. The number of ether oxygens (including phenoxy) is 3. The number of carbonyl (C=O) groups is 2. The van der Waals surface area contributed by atoms with Gasteiger partial charge in [-0.05, 0) is 26.7 Å². The van der Waals surface area contributed by atoms with E-state index in [2.05, 4.69) is 12.7 Å². The van der Waals surface area contributed by atoms with Gasteiger partial charge in [-0.3, -0.25) is 4.79 Å². The van der Waals surface area contributed by atoms with Crippen molar-refractivity contribution in [3.05, 3.63) is 23.8 Å². The zero-order chi connectivity index (χ0) is 16.1. The molecular weight excluding hydrogens is 284 g/mol. The molecule has 0 radical (unpaired) electrons. The quantitative estimate of drug-likeness (QED) is 0.322. The average Bonchev–Trinajstić information content (AvgIpc) is 2.98. The fourth-order valence-electron chi connectivity index (χ4n) is 3.63. The standard InChI is InChI=1S/C17H22O5/c1-9-6-5-7-17(4)15(22-17)14-13(10(2)16(19)21-14)12(8-9)20-11(3)18/h6,12-15H,2,5,7-8H2,1,3-4H3/b9-6+/t12?,13?,14?,15-,17+/m0/s1. The summed E-state index contributed by atoms with van der Waals surface area (Å²) >= 11 is 0. The Morgan fingerprint density at radius 1 is 1.50 bits per heavy atom. The first-order chi connectivity index (χ1) is 10.3. The summed E-state index contributed by atoms with van der Waals surface area (Å²) in [6.45, 7) is 9.30. The zero-order valence-corrected chi connectivity index (χ0v) is 13.3. The first kappa shape index (κ1) is 15.3. The Balaban J connectivity index is 1.96. The molecule has 0 saturated carbocycles. The topological polar surface area (TPSA) is 65.1 Å². The molecule has 2 saturated heterocycles. The highest BCUT2D eigenvalue weighted by Crippen LogP contribution is 2.50. The Bertz CT molecular complexity index is 563. The summed E-state index contributed by atoms with van der Waals surface area (Å²) in [5.41, 5.74) is 1.24. The average molecular weight is 306 g/mol. The molecule has 0 N–H and O–H groups in total. The first-order valence-corrected chi connectivity index (χ1v) is 7.72. The van der Waals surface area contributed by atoms with Gasteiger partial charge in [0.05, 0.1) is 11.5 Å². The Morgan fingerprint density at radius 2 is 2.23 bits per heavy atom. The first-order valence-electron chi connectivity index (χ1n) is 7.72. The van der Waals surface area contributed by atoms with Crippen LogP contribution in [0.3, 0.4) is 0 Å². The van der Waals surface area contributed by atoms with Gasteiger partial charge in [0.25, 0.3) is 0 Å². The normalized spacial score (nSPS) is 43.3. The van der Waals surface area contributed by atoms with Crippen LogP contribution in [0.5, 0.6) is 0 Å². The van der Waals surface area contributed by atoms with Gasteiger partial charge in [-0.25, -0.2) is 4.79 Å². The van der Waals surface area contributed by atoms with Crippen molar-refractivity contribution >= 4 is 11.9 Å². The second kappa shape index (κ2) is 5.23. The molecule has 0 amide bonds. The van der Waals surface area contributed by atoms with Crippen LogP contribution in [-0.2, 0) is 23.8 Å². The molecule has 2 aliphatic heterocycles. The number of allylic oxidation sites excluding steroid dienone is 1. The molecule has 1 aliphatic carbocycles. The predicted molar refractivity (Wildman–Crippen MR) is 79.0 cm³/mol. The molecule has 22 heavy (non-hydrogen) atoms. The van der Waals surface area contributed by atoms with E-state index in [0.29, 0.717) is 12.0 Å². The van der Waals surface area contributed by atoms with Crippen molar-refractivity contribution in [1.82, 2.24) is 0 Å². The van der Waals surface area contributed by atoms with E-state index in [-0.39, 0.29) is 23.6 Å². The number of esters is 2. The summed E-state index contributed by atoms with van der Waals surface area (Å²) in [5.74, 6) is -1.12. The lowest BCUT2D eigenvalue weighted by Gasteiger charge is -2.27. The largest absolute Gasteiger partial charge is 0.461 e. The highest BCUT2D eigenvalue weighted by Gasteiger charge is 2.63. The van der Waals surface area contributed by atoms with Crippen molar-refractivity contribution in [2.24, 2.45) is 5.92 Å². The van der Waals surface area contributed by atoms with E-state index in [1.165, 1.54) is 6.92 Å². The van der Waals surface area contributed by atoms with Gasteiger partial charge in [0.1, 0.15) is 18.3 Å². The minimum atomic E-state index is -0.441. The van der Waals surface area contributed by atoms with E-state index in [9.17, 15) is 9.59 Å². The monoisotopic (exact) mass is 306 g/mol. The summed E-state index contributed by atoms with van der Waals surface area (Å²) in [5, 5.41) is 0. The zero-order valence-electron chi connectivity index (χ0n) is 13.3. The van der Waals surface area contributed by atoms with Crippen LogP contribution in [0.25, 0.3) is 0 Å². The SMILES string of the molecule is C=C1C(=O)OC2C1C(OC(C)=O)C/C(C)=C/CC[C@@]1(C)O[C@@H]21. The van der Waals surface area contributed by atoms with Gasteiger partial charge in [0.15, 0.2) is 0 Å². The third kappa shape index (κ3) is 2.58. The van der Waals surface area contributed by atoms with E-state index >= 15 is 0 Å². The molecule has 0 bridgehead atoms. The third-order valence-corrected chi connectivity index (χ3v) is 4.88. The molecule has 0 aromatic heterocycles. The number of hydrogen-bond donors (Lipinski definition) is 0. The summed E-state index contributed by atoms with van der Waals surface area (Å²) in [7, 11) is 0. The summed E-state index contributed by atoms with van der Waals surface area (Å²) in [6, 6.07) is 0. The van der Waals surface area contributed by atoms with Crippen LogP contribution in [0.1, 0.15) is 40.0 Å². The van der Waals surface area contributed by atoms with Gasteiger partial charge in [0, 0.05) is 18.9 Å². The molecular formula is C17H22O5. The molecule has 2 heterocycles. The third-order valence-electron chi connectivity index (χ3n) is 4.88. The molecule has 3 unspecified atom stereocenters. The highest BCUT2D eigenvalue weighted by atomic mass is 16.6. The fraction of sp³-hybridized carbons (Fsp3) is 0.647. The van der Waals surface area contributed by atoms with Crippen LogP contribution in [0.2, 0.25) is 0 Å². The number of rotatable bonds is 1. The van der Waals surface area contributed by atoms with Crippen LogP contribution in [0.15, 0.2) is 23.8 Å². The van der Waals surface area contributed by atoms with Crippen LogP contribution >= 0.6 is 0 Å². The van der Waals surface area contributed by atoms with Crippen molar-refractivity contribution in [3.63, 3.8) is 0 Å². The minimum Gasteiger partial charge on any atom is -0.461 e. The fourth-order valence-corrected chi connectivity index (χ4v) is 3.63. The Labute approximate surface area is 130 Å². The van der Waals surface area contributed by atoms with Crippen molar-refractivity contribution in [1.29, 1.82) is 0 Å². The van der Waals surface area contributed by atoms with E-state index in [0.717, 1.165) is 18.4 Å². The van der Waals surface area contributed by atoms with Gasteiger partial charge in [-0.15, -0.1) is 0 Å². The summed E-state index contributed by atoms with van der Waals surface area (Å²) in [6.07, 6.45) is 3.52. The van der Waals surface area contributed by atoms with Crippen LogP contribution in [0.4, 0.5) is 0 Å². The number of epoxide rings is 1. The van der Waals surface area contributed by atoms with E-state index in [4.69, 9.17) is 14.2 Å². The van der Waals surface area contributed by atoms with Gasteiger partial charge in [0.2, 0.25) is 0 Å². The number of fused-ring (bicyclic) bond motifs is 3. The second-order valence-corrected chi connectivity index (χ2v) is 6.71. The van der Waals surface area contributed by atoms with E-state index < -0.39 is 18.2 Å². The molecule has 0 aromatic rings. The molecule has 5 atom stereocenters. The van der Waals surface area contributed by atoms with E-state index in [1.54, 1.807) is 0 Å². The lowest BCUT2D eigenvalue weighted by molar-refractivity contribution is -0.150. The Kier molecular flexibility index (Phi) is 3.63. The van der Waals surface area contributed by atoms with Crippen LogP contribution in [0, 0.1) is 5.92 Å². The summed E-state index contributed by atoms with van der Waals surface area (Å²) < 4.78 is 16.8. The smallest absolute Gasteiger partial charge is 0.334 e. The van der Waals surface area contributed by atoms with Gasteiger partial charge >= 0.3 is 11.9 Å². The maximum absolute atomic E-state index is 12.0. The predicted octanol–water partition coefficient (Wildman–Crippen LogP) is 2.30. The molecule has 120 valence electrons. The maximum atomic E-state index is 12.0. The Hall–Kier alpha value is -1.62. The summed E-state index contributed by atoms with van der Waals surface area (Å²) in [4.78, 5) is 23.5. The Morgan fingerprint density at radius 3 is 2.91 bits per heavy atom. The number of carbonyl (C=O) groups excluding carboxylic acids is 2. The lowest BCUT2D eigenvalue weighted by atomic mass is 9.82. The second-order valence-electron chi connectivity index (χ2n) is 6.71. The minimum absolute atomic E-state index is 0.148. The van der Waals surface area contributed by atoms with Crippen molar-refractivity contribution in [2.45, 2.75) is 63.9 Å². The van der Waals surface area contributed by atoms with Gasteiger partial charge in [-0.2, -0.15) is 0 Å². The molecule has 2 fully saturated rings. The molecule has 0 aromatic carbocycles. The van der Waals surface area contributed by atoms with Crippen molar-refractivity contribution in [2.75, 3.05) is 0 Å². The molecule has 3 aliphatic rings. The molecule has 3 rings (SSSR count). The van der Waals surface area contributed by atoms with Crippen LogP contribution in [-0.4, -0.2) is 35.9 Å². The van der Waals surface area contributed by atoms with Crippen molar-refractivity contribution in [3.8, 4) is 0 Å². The van der Waals surface area contributed by atoms with Gasteiger partial charge < -0.3 is 14.2 Å². The van der Waals surface area contributed by atoms with Crippen LogP contribution < -0.4 is 0 Å².